The van der Waals surface area contributed by atoms with Crippen LogP contribution in [0.1, 0.15) is 70.1 Å². The van der Waals surface area contributed by atoms with Crippen molar-refractivity contribution in [1.82, 2.24) is 35.4 Å². The maximum Gasteiger partial charge on any atom is 0.407 e. The number of aromatic nitrogens is 3. The highest BCUT2D eigenvalue weighted by atomic mass is 16.5. The smallest absolute Gasteiger partial charge is 0.407 e. The first-order chi connectivity index (χ1) is 27.0. The second kappa shape index (κ2) is 16.4. The van der Waals surface area contributed by atoms with Gasteiger partial charge in [0.05, 0.1) is 50.3 Å². The van der Waals surface area contributed by atoms with Crippen molar-refractivity contribution in [3.05, 3.63) is 66.2 Å². The fraction of sp³-hybridized carbons (Fsp3) is 0.463. The number of likely N-dealkylation sites (tertiary alicyclic amines) is 2. The zero-order chi connectivity index (χ0) is 39.7. The topological polar surface area (TPSA) is 187 Å². The Labute approximate surface area is 325 Å². The van der Waals surface area contributed by atoms with Gasteiger partial charge in [-0.3, -0.25) is 9.69 Å². The minimum absolute atomic E-state index is 0.00355. The van der Waals surface area contributed by atoms with Gasteiger partial charge in [-0.15, -0.1) is 0 Å². The monoisotopic (exact) mass is 769 g/mol. The van der Waals surface area contributed by atoms with E-state index < -0.39 is 36.6 Å². The number of imidazole rings is 1. The van der Waals surface area contributed by atoms with Crippen molar-refractivity contribution in [3.63, 3.8) is 0 Å². The van der Waals surface area contributed by atoms with Crippen molar-refractivity contribution < 1.29 is 38.1 Å². The molecule has 0 saturated carbocycles. The van der Waals surface area contributed by atoms with Crippen molar-refractivity contribution in [2.24, 2.45) is 5.92 Å². The number of carbonyl (C=O) groups is 3. The lowest BCUT2D eigenvalue weighted by molar-refractivity contribution is -0.137. The number of methoxy groups -OCH3 is 3. The largest absolute Gasteiger partial charge is 0.456 e. The summed E-state index contributed by atoms with van der Waals surface area (Å²) in [6.07, 6.45) is 2.40. The van der Waals surface area contributed by atoms with E-state index in [1.54, 1.807) is 18.0 Å². The number of aromatic amines is 2. The van der Waals surface area contributed by atoms with E-state index in [-0.39, 0.29) is 23.9 Å². The number of ether oxygens (including phenoxy) is 3. The molecule has 2 aliphatic rings. The SMILES string of the molecule is COC(=O)NC(C(=O)N1CCCC1c1ncc(-c2ccc3c(c2)oc2cc(-c4ccc([C@@H]5CCCN5C(O)[C@@H](NC(=O)OC)C(C)C)[nH]4)ccc23)[nH]1)[C@@H](C)OC. The summed E-state index contributed by atoms with van der Waals surface area (Å²) in [5.74, 6) is 0.407. The van der Waals surface area contributed by atoms with Gasteiger partial charge in [-0.1, -0.05) is 26.0 Å². The molecule has 6 atom stereocenters. The van der Waals surface area contributed by atoms with E-state index in [1.165, 1.54) is 21.3 Å². The van der Waals surface area contributed by atoms with E-state index in [0.717, 1.165) is 75.8 Å². The summed E-state index contributed by atoms with van der Waals surface area (Å²) >= 11 is 0. The quantitative estimate of drug-likeness (QED) is 0.0974. The number of alkyl carbamates (subject to hydrolysis) is 2. The van der Waals surface area contributed by atoms with Crippen LogP contribution in [0.15, 0.2) is 59.1 Å². The van der Waals surface area contributed by atoms with Gasteiger partial charge in [-0.2, -0.15) is 0 Å². The highest BCUT2D eigenvalue weighted by Gasteiger charge is 2.39. The van der Waals surface area contributed by atoms with Crippen LogP contribution in [0.3, 0.4) is 0 Å². The first kappa shape index (κ1) is 38.9. The molecule has 5 N–H and O–H groups in total. The number of furan rings is 1. The van der Waals surface area contributed by atoms with Crippen LogP contribution in [-0.4, -0.2) is 107 Å². The third-order valence-corrected chi connectivity index (χ3v) is 11.3. The highest BCUT2D eigenvalue weighted by molar-refractivity contribution is 6.06. The second-order valence-electron chi connectivity index (χ2n) is 15.0. The number of carbonyl (C=O) groups excluding carboxylic acids is 3. The number of rotatable bonds is 12. The number of nitrogens with one attached hydrogen (secondary N) is 4. The molecule has 0 aliphatic carbocycles. The molecule has 0 radical (unpaired) electrons. The number of aliphatic hydroxyl groups is 1. The summed E-state index contributed by atoms with van der Waals surface area (Å²) in [6.45, 7) is 6.91. The Morgan fingerprint density at radius 2 is 1.48 bits per heavy atom. The van der Waals surface area contributed by atoms with E-state index >= 15 is 0 Å². The Hall–Kier alpha value is -5.38. The Morgan fingerprint density at radius 3 is 2.14 bits per heavy atom. The third-order valence-electron chi connectivity index (χ3n) is 11.3. The molecular weight excluding hydrogens is 718 g/mol. The number of H-pyrrole nitrogens is 2. The van der Waals surface area contributed by atoms with Gasteiger partial charge in [0, 0.05) is 53.5 Å². The third kappa shape index (κ3) is 7.58. The Bertz CT molecular complexity index is 2190. The summed E-state index contributed by atoms with van der Waals surface area (Å²) in [7, 11) is 4.08. The van der Waals surface area contributed by atoms with Gasteiger partial charge in [0.25, 0.3) is 0 Å². The molecule has 15 heteroatoms. The lowest BCUT2D eigenvalue weighted by atomic mass is 10.0. The van der Waals surface area contributed by atoms with Crippen LogP contribution < -0.4 is 10.6 Å². The van der Waals surface area contributed by atoms with Gasteiger partial charge >= 0.3 is 12.2 Å². The van der Waals surface area contributed by atoms with Crippen LogP contribution in [0.5, 0.6) is 0 Å². The number of amides is 3. The van der Waals surface area contributed by atoms with E-state index in [2.05, 4.69) is 49.9 Å². The Morgan fingerprint density at radius 1 is 0.839 bits per heavy atom. The van der Waals surface area contributed by atoms with Gasteiger partial charge in [-0.05, 0) is 74.9 Å². The van der Waals surface area contributed by atoms with E-state index in [4.69, 9.17) is 18.6 Å². The van der Waals surface area contributed by atoms with E-state index in [9.17, 15) is 19.5 Å². The average Bonchev–Trinajstić information content (AvgIpc) is 4.06. The van der Waals surface area contributed by atoms with E-state index in [1.807, 2.05) is 43.0 Å². The van der Waals surface area contributed by atoms with Crippen LogP contribution >= 0.6 is 0 Å². The molecule has 2 aromatic carbocycles. The van der Waals surface area contributed by atoms with Gasteiger partial charge < -0.3 is 49.2 Å². The molecule has 2 fully saturated rings. The molecule has 3 aromatic heterocycles. The van der Waals surface area contributed by atoms with Crippen LogP contribution in [0, 0.1) is 5.92 Å². The molecule has 5 heterocycles. The fourth-order valence-electron chi connectivity index (χ4n) is 8.16. The van der Waals surface area contributed by atoms with Gasteiger partial charge in [0.15, 0.2) is 0 Å². The molecule has 298 valence electrons. The predicted octanol–water partition coefficient (Wildman–Crippen LogP) is 6.23. The molecule has 2 aliphatic heterocycles. The molecule has 0 bridgehead atoms. The number of nitrogens with zero attached hydrogens (tertiary/aromatic N) is 3. The zero-order valence-electron chi connectivity index (χ0n) is 32.6. The van der Waals surface area contributed by atoms with Crippen molar-refractivity contribution >= 4 is 40.0 Å². The maximum absolute atomic E-state index is 13.7. The fourth-order valence-corrected chi connectivity index (χ4v) is 8.16. The van der Waals surface area contributed by atoms with Gasteiger partial charge in [-0.25, -0.2) is 14.6 Å². The Balaban J connectivity index is 1.09. The molecule has 56 heavy (non-hydrogen) atoms. The van der Waals surface area contributed by atoms with Crippen molar-refractivity contribution in [3.8, 4) is 22.5 Å². The predicted molar refractivity (Wildman–Crippen MR) is 209 cm³/mol. The van der Waals surface area contributed by atoms with Crippen LogP contribution in [-0.2, 0) is 19.0 Å². The molecule has 0 spiro atoms. The van der Waals surface area contributed by atoms with Crippen molar-refractivity contribution in [2.45, 2.75) is 83.0 Å². The molecule has 5 aromatic rings. The lowest BCUT2D eigenvalue weighted by Crippen LogP contribution is -2.54. The van der Waals surface area contributed by atoms with Gasteiger partial charge in [0.2, 0.25) is 5.91 Å². The van der Waals surface area contributed by atoms with Crippen LogP contribution in [0.2, 0.25) is 0 Å². The van der Waals surface area contributed by atoms with Crippen LogP contribution in [0.25, 0.3) is 44.5 Å². The first-order valence-electron chi connectivity index (χ1n) is 19.2. The normalized spacial score (nSPS) is 19.7. The van der Waals surface area contributed by atoms with Gasteiger partial charge in [0.1, 0.15) is 29.3 Å². The Kier molecular flexibility index (Phi) is 11.4. The molecular formula is C41H51N7O8. The first-order valence-corrected chi connectivity index (χ1v) is 19.2. The summed E-state index contributed by atoms with van der Waals surface area (Å²) < 4.78 is 21.4. The summed E-state index contributed by atoms with van der Waals surface area (Å²) in [5.41, 5.74) is 6.08. The standard InChI is InChI=1S/C41H51N7O8/c1-22(2)35(45-40(51)54-5)38(49)47-17-7-9-31(47)29-16-15-28(43-29)24-11-13-26-27-14-12-25(20-34(27)56-33(26)19-24)30-21-42-37(44-30)32-10-8-18-48(32)39(50)36(23(3)53-4)46-41(52)55-6/h11-16,19-23,31-32,35-36,38,43,49H,7-10,17-18H2,1-6H3,(H,42,44)(H,45,51)(H,46,52)/t23-,31+,32?,35+,36?,38?/m1/s1. The molecule has 3 unspecified atom stereocenters. The molecule has 3 amide bonds. The molecule has 7 rings (SSSR count). The summed E-state index contributed by atoms with van der Waals surface area (Å²) in [6, 6.07) is 14.6. The lowest BCUT2D eigenvalue weighted by Gasteiger charge is -2.36. The molecule has 2 saturated heterocycles. The minimum atomic E-state index is -0.907. The van der Waals surface area contributed by atoms with Crippen LogP contribution in [0.4, 0.5) is 9.59 Å². The molecule has 15 nitrogen and oxygen atoms in total. The average molecular weight is 770 g/mol. The number of hydrogen-bond donors (Lipinski definition) is 5. The highest BCUT2D eigenvalue weighted by Crippen LogP contribution is 2.38. The number of benzene rings is 2. The van der Waals surface area contributed by atoms with Crippen molar-refractivity contribution in [2.75, 3.05) is 34.4 Å². The minimum Gasteiger partial charge on any atom is -0.456 e. The second-order valence-corrected chi connectivity index (χ2v) is 15.0. The maximum atomic E-state index is 13.7. The number of hydrogen-bond acceptors (Lipinski definition) is 10. The summed E-state index contributed by atoms with van der Waals surface area (Å²) in [5, 5.41) is 18.8. The number of fused-ring (bicyclic) bond motifs is 3. The zero-order valence-corrected chi connectivity index (χ0v) is 32.6. The summed E-state index contributed by atoms with van der Waals surface area (Å²) in [4.78, 5) is 53.3. The van der Waals surface area contributed by atoms with E-state index in [0.29, 0.717) is 18.9 Å². The van der Waals surface area contributed by atoms with Crippen molar-refractivity contribution in [1.29, 1.82) is 0 Å². The number of aliphatic hydroxyl groups excluding tert-OH is 1.